The van der Waals surface area contributed by atoms with Gasteiger partial charge in [-0.15, -0.1) is 0 Å². The molecule has 1 saturated heterocycles. The number of piperazine rings is 1. The van der Waals surface area contributed by atoms with E-state index in [0.29, 0.717) is 35.5 Å². The second kappa shape index (κ2) is 9.66. The van der Waals surface area contributed by atoms with Gasteiger partial charge in [0.05, 0.1) is 27.2 Å². The lowest BCUT2D eigenvalue weighted by Gasteiger charge is -2.33. The van der Waals surface area contributed by atoms with Crippen molar-refractivity contribution in [2.24, 2.45) is 0 Å². The van der Waals surface area contributed by atoms with Gasteiger partial charge in [-0.05, 0) is 37.4 Å². The first-order chi connectivity index (χ1) is 17.8. The number of para-hydroxylation sites is 1. The first-order valence-electron chi connectivity index (χ1n) is 11.5. The fourth-order valence-electron chi connectivity index (χ4n) is 4.24. The van der Waals surface area contributed by atoms with Gasteiger partial charge in [0.1, 0.15) is 11.2 Å². The third-order valence-corrected chi connectivity index (χ3v) is 6.27. The van der Waals surface area contributed by atoms with Crippen molar-refractivity contribution in [1.82, 2.24) is 9.88 Å². The molecule has 1 aliphatic heterocycles. The van der Waals surface area contributed by atoms with Gasteiger partial charge < -0.3 is 19.5 Å². The summed E-state index contributed by atoms with van der Waals surface area (Å²) in [5.74, 6) is -0.366. The molecule has 1 amide bonds. The number of anilines is 2. The van der Waals surface area contributed by atoms with E-state index in [1.807, 2.05) is 11.9 Å². The quantitative estimate of drug-likeness (QED) is 0.301. The minimum absolute atomic E-state index is 0.126. The molecular weight excluding hydrogens is 480 g/mol. The molecule has 4 aromatic rings. The van der Waals surface area contributed by atoms with Crippen LogP contribution in [0.2, 0.25) is 0 Å². The summed E-state index contributed by atoms with van der Waals surface area (Å²) in [6.45, 7) is 2.90. The number of non-ortho nitro benzene ring substituents is 1. The first kappa shape index (κ1) is 23.9. The first-order valence-corrected chi connectivity index (χ1v) is 11.5. The number of fused-ring (bicyclic) bond motifs is 1. The summed E-state index contributed by atoms with van der Waals surface area (Å²) in [6.07, 6.45) is 0. The SMILES string of the molecule is CN1CCN(c2ccc(C(=O)Nc3ccccc3-c3nc4ccc([N+](=O)[O-])cc4o3)cc2[N+](=O)[O-])CC1. The third kappa shape index (κ3) is 4.82. The van der Waals surface area contributed by atoms with Crippen molar-refractivity contribution in [1.29, 1.82) is 0 Å². The molecular formula is C25H22N6O6. The van der Waals surface area contributed by atoms with Gasteiger partial charge in [-0.2, -0.15) is 0 Å². The minimum atomic E-state index is -0.535. The van der Waals surface area contributed by atoms with Crippen LogP contribution in [-0.4, -0.2) is 58.9 Å². The number of nitrogens with one attached hydrogen (secondary N) is 1. The van der Waals surface area contributed by atoms with Crippen LogP contribution in [0.15, 0.2) is 65.1 Å². The highest BCUT2D eigenvalue weighted by atomic mass is 16.6. The summed E-state index contributed by atoms with van der Waals surface area (Å²) in [4.78, 5) is 43.5. The van der Waals surface area contributed by atoms with Crippen molar-refractivity contribution in [3.8, 4) is 11.5 Å². The standard InChI is InChI=1S/C25H22N6O6/c1-28-10-12-29(13-11-28)21-9-6-16(14-22(21)31(35)36)24(32)26-19-5-3-2-4-18(19)25-27-20-8-7-17(30(33)34)15-23(20)37-25/h2-9,14-15H,10-13H2,1H3,(H,26,32). The predicted molar refractivity (Wildman–Crippen MR) is 137 cm³/mol. The second-order valence-corrected chi connectivity index (χ2v) is 8.68. The smallest absolute Gasteiger partial charge is 0.293 e. The molecule has 0 atom stereocenters. The van der Waals surface area contributed by atoms with Gasteiger partial charge in [0.2, 0.25) is 5.89 Å². The zero-order valence-corrected chi connectivity index (χ0v) is 19.8. The fourth-order valence-corrected chi connectivity index (χ4v) is 4.24. The summed E-state index contributed by atoms with van der Waals surface area (Å²) in [5.41, 5.74) is 1.85. The van der Waals surface area contributed by atoms with E-state index in [9.17, 15) is 25.0 Å². The number of nitrogens with zero attached hydrogens (tertiary/aromatic N) is 5. The number of aromatic nitrogens is 1. The highest BCUT2D eigenvalue weighted by Gasteiger charge is 2.25. The maximum Gasteiger partial charge on any atom is 0.293 e. The van der Waals surface area contributed by atoms with Crippen molar-refractivity contribution in [3.05, 3.63) is 86.5 Å². The maximum atomic E-state index is 13.1. The zero-order valence-electron chi connectivity index (χ0n) is 19.8. The van der Waals surface area contributed by atoms with Gasteiger partial charge in [0, 0.05) is 43.9 Å². The van der Waals surface area contributed by atoms with Crippen molar-refractivity contribution in [2.75, 3.05) is 43.4 Å². The summed E-state index contributed by atoms with van der Waals surface area (Å²) in [5, 5.41) is 25.7. The molecule has 1 aliphatic rings. The average Bonchev–Trinajstić information content (AvgIpc) is 3.32. The second-order valence-electron chi connectivity index (χ2n) is 8.68. The Kier molecular flexibility index (Phi) is 6.24. The fraction of sp³-hybridized carbons (Fsp3) is 0.200. The topological polar surface area (TPSA) is 148 Å². The third-order valence-electron chi connectivity index (χ3n) is 6.27. The van der Waals surface area contributed by atoms with E-state index in [1.165, 1.54) is 24.3 Å². The highest BCUT2D eigenvalue weighted by molar-refractivity contribution is 6.06. The zero-order chi connectivity index (χ0) is 26.1. The van der Waals surface area contributed by atoms with Crippen LogP contribution in [0.3, 0.4) is 0 Å². The van der Waals surface area contributed by atoms with Gasteiger partial charge >= 0.3 is 0 Å². The molecule has 37 heavy (non-hydrogen) atoms. The van der Waals surface area contributed by atoms with Crippen molar-refractivity contribution < 1.29 is 19.1 Å². The summed E-state index contributed by atoms with van der Waals surface area (Å²) in [7, 11) is 2.00. The predicted octanol–water partition coefficient (Wildman–Crippen LogP) is 4.32. The van der Waals surface area contributed by atoms with Gasteiger partial charge in [-0.3, -0.25) is 25.0 Å². The van der Waals surface area contributed by atoms with Crippen LogP contribution in [0.1, 0.15) is 10.4 Å². The number of nitro benzene ring substituents is 2. The number of hydrogen-bond donors (Lipinski definition) is 1. The van der Waals surface area contributed by atoms with Crippen LogP contribution in [0, 0.1) is 20.2 Å². The van der Waals surface area contributed by atoms with E-state index in [1.54, 1.807) is 36.4 Å². The summed E-state index contributed by atoms with van der Waals surface area (Å²) >= 11 is 0. The molecule has 3 aromatic carbocycles. The molecule has 0 aliphatic carbocycles. The molecule has 0 bridgehead atoms. The molecule has 0 unspecified atom stereocenters. The lowest BCUT2D eigenvalue weighted by atomic mass is 10.1. The highest BCUT2D eigenvalue weighted by Crippen LogP contribution is 2.33. The monoisotopic (exact) mass is 502 g/mol. The maximum absolute atomic E-state index is 13.1. The Morgan fingerprint density at radius 1 is 0.973 bits per heavy atom. The Morgan fingerprint density at radius 3 is 2.46 bits per heavy atom. The van der Waals surface area contributed by atoms with Crippen LogP contribution in [0.25, 0.3) is 22.6 Å². The van der Waals surface area contributed by atoms with Crippen LogP contribution in [0.5, 0.6) is 0 Å². The minimum Gasteiger partial charge on any atom is -0.436 e. The van der Waals surface area contributed by atoms with Gasteiger partial charge in [0.15, 0.2) is 5.58 Å². The van der Waals surface area contributed by atoms with Crippen LogP contribution in [0.4, 0.5) is 22.7 Å². The average molecular weight is 502 g/mol. The Hall–Kier alpha value is -4.84. The summed E-state index contributed by atoms with van der Waals surface area (Å²) in [6, 6.07) is 15.4. The van der Waals surface area contributed by atoms with Crippen LogP contribution in [-0.2, 0) is 0 Å². The number of oxazole rings is 1. The number of carbonyl (C=O) groups excluding carboxylic acids is 1. The molecule has 1 N–H and O–H groups in total. The molecule has 2 heterocycles. The number of carbonyl (C=O) groups is 1. The molecule has 1 aromatic heterocycles. The molecule has 12 nitrogen and oxygen atoms in total. The number of rotatable bonds is 6. The number of hydrogen-bond acceptors (Lipinski definition) is 9. The Labute approximate surface area is 210 Å². The number of nitro groups is 2. The van der Waals surface area contributed by atoms with E-state index in [-0.39, 0.29) is 28.4 Å². The summed E-state index contributed by atoms with van der Waals surface area (Å²) < 4.78 is 5.75. The molecule has 12 heteroatoms. The molecule has 0 radical (unpaired) electrons. The van der Waals surface area contributed by atoms with Gasteiger partial charge in [-0.1, -0.05) is 12.1 Å². The van der Waals surface area contributed by atoms with Crippen LogP contribution >= 0.6 is 0 Å². The molecule has 188 valence electrons. The van der Waals surface area contributed by atoms with Crippen molar-refractivity contribution >= 4 is 39.8 Å². The molecule has 0 saturated carbocycles. The normalized spacial score (nSPS) is 14.0. The molecule has 0 spiro atoms. The van der Waals surface area contributed by atoms with E-state index >= 15 is 0 Å². The lowest BCUT2D eigenvalue weighted by Crippen LogP contribution is -2.44. The lowest BCUT2D eigenvalue weighted by molar-refractivity contribution is -0.384. The Balaban J connectivity index is 1.43. The number of amides is 1. The van der Waals surface area contributed by atoms with E-state index in [4.69, 9.17) is 4.42 Å². The van der Waals surface area contributed by atoms with Crippen LogP contribution < -0.4 is 10.2 Å². The van der Waals surface area contributed by atoms with E-state index in [2.05, 4.69) is 15.2 Å². The largest absolute Gasteiger partial charge is 0.436 e. The van der Waals surface area contributed by atoms with Gasteiger partial charge in [0.25, 0.3) is 17.3 Å². The number of benzene rings is 3. The van der Waals surface area contributed by atoms with E-state index in [0.717, 1.165) is 13.1 Å². The Bertz CT molecular complexity index is 1530. The molecule has 1 fully saturated rings. The van der Waals surface area contributed by atoms with Crippen molar-refractivity contribution in [3.63, 3.8) is 0 Å². The molecule has 5 rings (SSSR count). The Morgan fingerprint density at radius 2 is 1.73 bits per heavy atom. The van der Waals surface area contributed by atoms with Crippen molar-refractivity contribution in [2.45, 2.75) is 0 Å². The van der Waals surface area contributed by atoms with Gasteiger partial charge in [-0.25, -0.2) is 4.98 Å². The van der Waals surface area contributed by atoms with E-state index < -0.39 is 15.8 Å². The number of likely N-dealkylation sites (N-methyl/N-ethyl adjacent to an activating group) is 1.